The molecule has 1 aromatic rings. The number of barbiturate groups is 1. The van der Waals surface area contributed by atoms with E-state index in [-0.39, 0.29) is 11.6 Å². The molecule has 1 aliphatic heterocycles. The average Bonchev–Trinajstić information content (AvgIpc) is 2.66. The molecule has 0 unspecified atom stereocenters. The van der Waals surface area contributed by atoms with Gasteiger partial charge in [0.2, 0.25) is 0 Å². The summed E-state index contributed by atoms with van der Waals surface area (Å²) in [5, 5.41) is 2.31. The van der Waals surface area contributed by atoms with Crippen molar-refractivity contribution in [3.63, 3.8) is 0 Å². The molecule has 28 heavy (non-hydrogen) atoms. The fourth-order valence-electron chi connectivity index (χ4n) is 3.64. The largest absolute Gasteiger partial charge is 0.492 e. The minimum Gasteiger partial charge on any atom is -0.492 e. The normalized spacial score (nSPS) is 19.8. The second-order valence-corrected chi connectivity index (χ2v) is 7.91. The van der Waals surface area contributed by atoms with Gasteiger partial charge in [-0.2, -0.15) is 0 Å². The predicted octanol–water partition coefficient (Wildman–Crippen LogP) is 3.49. The van der Waals surface area contributed by atoms with Gasteiger partial charge in [0.15, 0.2) is 11.5 Å². The van der Waals surface area contributed by atoms with Crippen molar-refractivity contribution in [2.24, 2.45) is 0 Å². The van der Waals surface area contributed by atoms with Crippen LogP contribution in [0.25, 0.3) is 6.08 Å². The predicted molar refractivity (Wildman–Crippen MR) is 112 cm³/mol. The first-order chi connectivity index (χ1) is 13.5. The molecule has 0 atom stereocenters. The standard InChI is InChI=1S/C20H23IN2O5/c1-3-28-16-11-12(10-15(21)17(16)27-2)9-14-18(24)22-20(26)23(19(14)25)13-7-5-4-6-8-13/h9-11,13H,3-8H2,1-2H3,(H,22,24,26). The number of hydrogen-bond donors (Lipinski definition) is 1. The Bertz CT molecular complexity index is 830. The van der Waals surface area contributed by atoms with E-state index in [0.29, 0.717) is 23.7 Å². The third-order valence-electron chi connectivity index (χ3n) is 4.92. The Morgan fingerprint density at radius 3 is 2.57 bits per heavy atom. The summed E-state index contributed by atoms with van der Waals surface area (Å²) in [6.07, 6.45) is 6.10. The monoisotopic (exact) mass is 498 g/mol. The molecule has 2 aliphatic rings. The summed E-state index contributed by atoms with van der Waals surface area (Å²) < 4.78 is 11.8. The molecule has 0 radical (unpaired) electrons. The summed E-state index contributed by atoms with van der Waals surface area (Å²) in [4.78, 5) is 38.9. The van der Waals surface area contributed by atoms with E-state index in [1.165, 1.54) is 11.0 Å². The molecule has 0 aromatic heterocycles. The number of halogens is 1. The molecule has 1 saturated carbocycles. The molecule has 1 aromatic carbocycles. The number of carbonyl (C=O) groups excluding carboxylic acids is 3. The van der Waals surface area contributed by atoms with Crippen LogP contribution < -0.4 is 14.8 Å². The lowest BCUT2D eigenvalue weighted by atomic mass is 9.93. The number of hydrogen-bond acceptors (Lipinski definition) is 5. The van der Waals surface area contributed by atoms with Crippen LogP contribution in [0.3, 0.4) is 0 Å². The number of urea groups is 1. The highest BCUT2D eigenvalue weighted by Gasteiger charge is 2.40. The number of methoxy groups -OCH3 is 1. The number of ether oxygens (including phenoxy) is 2. The van der Waals surface area contributed by atoms with E-state index < -0.39 is 17.8 Å². The van der Waals surface area contributed by atoms with Crippen LogP contribution in [0.1, 0.15) is 44.6 Å². The second-order valence-electron chi connectivity index (χ2n) is 6.75. The fourth-order valence-corrected chi connectivity index (χ4v) is 4.49. The summed E-state index contributed by atoms with van der Waals surface area (Å²) in [6, 6.07) is 2.74. The SMILES string of the molecule is CCOc1cc(C=C2C(=O)NC(=O)N(C3CCCCC3)C2=O)cc(I)c1OC. The highest BCUT2D eigenvalue weighted by atomic mass is 127. The summed E-state index contributed by atoms with van der Waals surface area (Å²) in [6.45, 7) is 2.32. The molecule has 7 nitrogen and oxygen atoms in total. The van der Waals surface area contributed by atoms with Gasteiger partial charge in [0.25, 0.3) is 11.8 Å². The van der Waals surface area contributed by atoms with Crippen LogP contribution in [0.2, 0.25) is 0 Å². The van der Waals surface area contributed by atoms with Crippen molar-refractivity contribution >= 4 is 46.5 Å². The Kier molecular flexibility index (Phi) is 6.58. The third-order valence-corrected chi connectivity index (χ3v) is 5.72. The van der Waals surface area contributed by atoms with Crippen molar-refractivity contribution < 1.29 is 23.9 Å². The first kappa shape index (κ1) is 20.6. The van der Waals surface area contributed by atoms with Crippen molar-refractivity contribution in [3.8, 4) is 11.5 Å². The van der Waals surface area contributed by atoms with E-state index in [1.54, 1.807) is 19.2 Å². The zero-order valence-corrected chi connectivity index (χ0v) is 18.1. The molecule has 0 spiro atoms. The number of nitrogens with one attached hydrogen (secondary N) is 1. The number of carbonyl (C=O) groups is 3. The maximum absolute atomic E-state index is 13.0. The van der Waals surface area contributed by atoms with Crippen molar-refractivity contribution in [2.75, 3.05) is 13.7 Å². The van der Waals surface area contributed by atoms with Gasteiger partial charge in [0.05, 0.1) is 17.3 Å². The van der Waals surface area contributed by atoms with Gasteiger partial charge in [-0.05, 0) is 66.1 Å². The van der Waals surface area contributed by atoms with Crippen LogP contribution in [0.15, 0.2) is 17.7 Å². The van der Waals surface area contributed by atoms with Gasteiger partial charge in [-0.3, -0.25) is 19.8 Å². The van der Waals surface area contributed by atoms with Crippen LogP contribution in [0, 0.1) is 3.57 Å². The minimum absolute atomic E-state index is 0.0476. The lowest BCUT2D eigenvalue weighted by molar-refractivity contribution is -0.132. The lowest BCUT2D eigenvalue weighted by Gasteiger charge is -2.35. The molecule has 1 saturated heterocycles. The van der Waals surface area contributed by atoms with Crippen LogP contribution in [-0.4, -0.2) is 42.5 Å². The van der Waals surface area contributed by atoms with Gasteiger partial charge in [-0.15, -0.1) is 0 Å². The van der Waals surface area contributed by atoms with E-state index in [1.807, 2.05) is 6.92 Å². The maximum Gasteiger partial charge on any atom is 0.331 e. The molecule has 1 heterocycles. The summed E-state index contributed by atoms with van der Waals surface area (Å²) >= 11 is 2.11. The Labute approximate surface area is 177 Å². The number of rotatable bonds is 5. The van der Waals surface area contributed by atoms with Gasteiger partial charge >= 0.3 is 6.03 Å². The van der Waals surface area contributed by atoms with Crippen molar-refractivity contribution in [2.45, 2.75) is 45.1 Å². The zero-order chi connectivity index (χ0) is 20.3. The second kappa shape index (κ2) is 8.93. The highest BCUT2D eigenvalue weighted by molar-refractivity contribution is 14.1. The van der Waals surface area contributed by atoms with E-state index in [4.69, 9.17) is 9.47 Å². The molecular formula is C20H23IN2O5. The number of benzene rings is 1. The molecule has 1 N–H and O–H groups in total. The van der Waals surface area contributed by atoms with E-state index >= 15 is 0 Å². The van der Waals surface area contributed by atoms with Gasteiger partial charge in [-0.25, -0.2) is 4.79 Å². The van der Waals surface area contributed by atoms with Gasteiger partial charge in [0.1, 0.15) is 5.57 Å². The van der Waals surface area contributed by atoms with Crippen molar-refractivity contribution in [3.05, 3.63) is 26.8 Å². The van der Waals surface area contributed by atoms with E-state index in [2.05, 4.69) is 27.9 Å². The zero-order valence-electron chi connectivity index (χ0n) is 15.9. The molecule has 8 heteroatoms. The molecule has 1 aliphatic carbocycles. The summed E-state index contributed by atoms with van der Waals surface area (Å²) in [5.74, 6) is -0.0778. The first-order valence-electron chi connectivity index (χ1n) is 9.37. The van der Waals surface area contributed by atoms with Gasteiger partial charge in [-0.1, -0.05) is 19.3 Å². The topological polar surface area (TPSA) is 84.9 Å². The first-order valence-corrected chi connectivity index (χ1v) is 10.4. The number of imide groups is 2. The quantitative estimate of drug-likeness (QED) is 0.382. The average molecular weight is 498 g/mol. The van der Waals surface area contributed by atoms with Gasteiger partial charge < -0.3 is 9.47 Å². The Hall–Kier alpha value is -2.10. The van der Waals surface area contributed by atoms with E-state index in [9.17, 15) is 14.4 Å². The molecular weight excluding hydrogens is 475 g/mol. The summed E-state index contributed by atoms with van der Waals surface area (Å²) in [5.41, 5.74) is 0.582. The molecule has 4 amide bonds. The van der Waals surface area contributed by atoms with Crippen LogP contribution >= 0.6 is 22.6 Å². The molecule has 3 rings (SSSR count). The van der Waals surface area contributed by atoms with Crippen LogP contribution in [0.5, 0.6) is 11.5 Å². The molecule has 150 valence electrons. The number of amides is 4. The Balaban J connectivity index is 1.96. The molecule has 0 bridgehead atoms. The minimum atomic E-state index is -0.675. The van der Waals surface area contributed by atoms with E-state index in [0.717, 1.165) is 35.7 Å². The van der Waals surface area contributed by atoms with Crippen molar-refractivity contribution in [1.82, 2.24) is 10.2 Å². The van der Waals surface area contributed by atoms with Crippen LogP contribution in [0.4, 0.5) is 4.79 Å². The van der Waals surface area contributed by atoms with Crippen LogP contribution in [-0.2, 0) is 9.59 Å². The number of nitrogens with zero attached hydrogens (tertiary/aromatic N) is 1. The lowest BCUT2D eigenvalue weighted by Crippen LogP contribution is -2.58. The fraction of sp³-hybridized carbons (Fsp3) is 0.450. The van der Waals surface area contributed by atoms with Gasteiger partial charge in [0, 0.05) is 6.04 Å². The smallest absolute Gasteiger partial charge is 0.331 e. The Morgan fingerprint density at radius 2 is 1.93 bits per heavy atom. The third kappa shape index (κ3) is 4.16. The summed E-state index contributed by atoms with van der Waals surface area (Å²) in [7, 11) is 1.56. The Morgan fingerprint density at radius 1 is 1.21 bits per heavy atom. The van der Waals surface area contributed by atoms with Crippen molar-refractivity contribution in [1.29, 1.82) is 0 Å². The maximum atomic E-state index is 13.0. The highest BCUT2D eigenvalue weighted by Crippen LogP contribution is 2.35. The molecule has 2 fully saturated rings.